The molecule has 2 rings (SSSR count). The molecule has 0 atom stereocenters. The van der Waals surface area contributed by atoms with Crippen LogP contribution in [0.4, 0.5) is 11.4 Å². The second-order valence-corrected chi connectivity index (χ2v) is 9.41. The molecular formula is C16H19ClN2O4S2. The SMILES string of the molecule is CCCc1ccc(S(=O)(=O)Nc2ccc(NS(C)(=O)=O)c(Cl)c2)cc1. The molecule has 2 aromatic carbocycles. The third-order valence-electron chi connectivity index (χ3n) is 3.29. The fourth-order valence-corrected chi connectivity index (χ4v) is 4.11. The topological polar surface area (TPSA) is 92.3 Å². The van der Waals surface area contributed by atoms with Crippen LogP contribution in [-0.4, -0.2) is 23.1 Å². The average Bonchev–Trinajstić information content (AvgIpc) is 2.49. The van der Waals surface area contributed by atoms with E-state index < -0.39 is 20.0 Å². The fraction of sp³-hybridized carbons (Fsp3) is 0.250. The van der Waals surface area contributed by atoms with Gasteiger partial charge < -0.3 is 0 Å². The summed E-state index contributed by atoms with van der Waals surface area (Å²) in [6.45, 7) is 2.05. The molecular weight excluding hydrogens is 384 g/mol. The van der Waals surface area contributed by atoms with Crippen LogP contribution >= 0.6 is 11.6 Å². The number of hydrogen-bond acceptors (Lipinski definition) is 4. The number of rotatable bonds is 7. The monoisotopic (exact) mass is 402 g/mol. The molecule has 0 saturated carbocycles. The minimum Gasteiger partial charge on any atom is -0.282 e. The van der Waals surface area contributed by atoms with E-state index in [4.69, 9.17) is 11.6 Å². The first-order valence-corrected chi connectivity index (χ1v) is 11.2. The molecule has 0 heterocycles. The first-order chi connectivity index (χ1) is 11.6. The lowest BCUT2D eigenvalue weighted by molar-refractivity contribution is 0.600. The highest BCUT2D eigenvalue weighted by Crippen LogP contribution is 2.27. The van der Waals surface area contributed by atoms with Gasteiger partial charge in [-0.25, -0.2) is 16.8 Å². The first-order valence-electron chi connectivity index (χ1n) is 7.50. The van der Waals surface area contributed by atoms with Crippen molar-refractivity contribution in [3.05, 3.63) is 53.1 Å². The van der Waals surface area contributed by atoms with Crippen LogP contribution in [0.5, 0.6) is 0 Å². The summed E-state index contributed by atoms with van der Waals surface area (Å²) in [5.41, 5.74) is 1.48. The molecule has 0 unspecified atom stereocenters. The summed E-state index contributed by atoms with van der Waals surface area (Å²) in [4.78, 5) is 0.141. The highest BCUT2D eigenvalue weighted by atomic mass is 35.5. The van der Waals surface area contributed by atoms with Gasteiger partial charge in [-0.3, -0.25) is 9.44 Å². The van der Waals surface area contributed by atoms with Crippen LogP contribution in [0.2, 0.25) is 5.02 Å². The molecule has 0 radical (unpaired) electrons. The highest BCUT2D eigenvalue weighted by molar-refractivity contribution is 7.92. The Kier molecular flexibility index (Phi) is 5.97. The van der Waals surface area contributed by atoms with Gasteiger partial charge in [0.05, 0.1) is 27.5 Å². The van der Waals surface area contributed by atoms with E-state index in [0.29, 0.717) is 0 Å². The van der Waals surface area contributed by atoms with Crippen LogP contribution in [0, 0.1) is 0 Å². The van der Waals surface area contributed by atoms with Gasteiger partial charge >= 0.3 is 0 Å². The van der Waals surface area contributed by atoms with Crippen molar-refractivity contribution >= 4 is 43.0 Å². The number of hydrogen-bond donors (Lipinski definition) is 2. The Balaban J connectivity index is 2.21. The van der Waals surface area contributed by atoms with E-state index in [-0.39, 0.29) is 21.3 Å². The minimum absolute atomic E-state index is 0.0870. The molecule has 0 aliphatic heterocycles. The van der Waals surface area contributed by atoms with Gasteiger partial charge in [0.2, 0.25) is 10.0 Å². The summed E-state index contributed by atoms with van der Waals surface area (Å²) in [6, 6.07) is 10.8. The zero-order valence-corrected chi connectivity index (χ0v) is 16.2. The Morgan fingerprint density at radius 2 is 1.60 bits per heavy atom. The molecule has 0 fully saturated rings. The molecule has 6 nitrogen and oxygen atoms in total. The molecule has 2 N–H and O–H groups in total. The molecule has 0 bridgehead atoms. The third kappa shape index (κ3) is 5.62. The van der Waals surface area contributed by atoms with Crippen LogP contribution < -0.4 is 9.44 Å². The van der Waals surface area contributed by atoms with E-state index in [1.807, 2.05) is 0 Å². The third-order valence-corrected chi connectivity index (χ3v) is 5.59. The molecule has 2 aromatic rings. The lowest BCUT2D eigenvalue weighted by Gasteiger charge is -2.11. The molecule has 0 aromatic heterocycles. The average molecular weight is 403 g/mol. The highest BCUT2D eigenvalue weighted by Gasteiger charge is 2.15. The largest absolute Gasteiger partial charge is 0.282 e. The van der Waals surface area contributed by atoms with Crippen molar-refractivity contribution < 1.29 is 16.8 Å². The predicted octanol–water partition coefficient (Wildman–Crippen LogP) is 3.46. The Hall–Kier alpha value is -1.77. The number of nitrogens with one attached hydrogen (secondary N) is 2. The van der Waals surface area contributed by atoms with Gasteiger partial charge in [0.15, 0.2) is 0 Å². The number of sulfonamides is 2. The van der Waals surface area contributed by atoms with Crippen molar-refractivity contribution in [2.45, 2.75) is 24.7 Å². The van der Waals surface area contributed by atoms with Gasteiger partial charge in [0.1, 0.15) is 0 Å². The maximum atomic E-state index is 12.4. The summed E-state index contributed by atoms with van der Waals surface area (Å²) in [5.74, 6) is 0. The second kappa shape index (κ2) is 7.63. The molecule has 0 spiro atoms. The predicted molar refractivity (Wildman–Crippen MR) is 101 cm³/mol. The summed E-state index contributed by atoms with van der Waals surface area (Å²) in [5, 5.41) is 0.0870. The van der Waals surface area contributed by atoms with Crippen molar-refractivity contribution in [3.63, 3.8) is 0 Å². The number of aryl methyl sites for hydroxylation is 1. The number of anilines is 2. The molecule has 9 heteroatoms. The maximum Gasteiger partial charge on any atom is 0.261 e. The molecule has 0 saturated heterocycles. The van der Waals surface area contributed by atoms with Gasteiger partial charge in [-0.15, -0.1) is 0 Å². The van der Waals surface area contributed by atoms with Gasteiger partial charge in [0, 0.05) is 0 Å². The summed E-state index contributed by atoms with van der Waals surface area (Å²) < 4.78 is 52.0. The second-order valence-electron chi connectivity index (χ2n) is 5.57. The summed E-state index contributed by atoms with van der Waals surface area (Å²) in [6.07, 6.45) is 2.87. The first kappa shape index (κ1) is 19.6. The minimum atomic E-state index is -3.76. The van der Waals surface area contributed by atoms with Gasteiger partial charge in [-0.05, 0) is 42.3 Å². The van der Waals surface area contributed by atoms with Crippen molar-refractivity contribution in [1.29, 1.82) is 0 Å². The van der Waals surface area contributed by atoms with E-state index in [9.17, 15) is 16.8 Å². The van der Waals surface area contributed by atoms with Crippen LogP contribution in [0.1, 0.15) is 18.9 Å². The molecule has 0 amide bonds. The smallest absolute Gasteiger partial charge is 0.261 e. The molecule has 136 valence electrons. The Morgan fingerprint density at radius 1 is 0.960 bits per heavy atom. The molecule has 25 heavy (non-hydrogen) atoms. The molecule has 0 aliphatic carbocycles. The van der Waals surface area contributed by atoms with Gasteiger partial charge in [-0.2, -0.15) is 0 Å². The molecule has 0 aliphatic rings. The van der Waals surface area contributed by atoms with E-state index in [0.717, 1.165) is 24.7 Å². The lowest BCUT2D eigenvalue weighted by Crippen LogP contribution is -2.13. The summed E-state index contributed by atoms with van der Waals surface area (Å²) >= 11 is 6.00. The van der Waals surface area contributed by atoms with Crippen LogP contribution in [-0.2, 0) is 26.5 Å². The Labute approximate surface area is 153 Å². The normalized spacial score (nSPS) is 12.0. The Bertz CT molecular complexity index is 956. The van der Waals surface area contributed by atoms with E-state index >= 15 is 0 Å². The van der Waals surface area contributed by atoms with E-state index in [2.05, 4.69) is 16.4 Å². The van der Waals surface area contributed by atoms with E-state index in [1.54, 1.807) is 24.3 Å². The lowest BCUT2D eigenvalue weighted by atomic mass is 10.1. The van der Waals surface area contributed by atoms with Crippen LogP contribution in [0.15, 0.2) is 47.4 Å². The van der Waals surface area contributed by atoms with Crippen molar-refractivity contribution in [2.75, 3.05) is 15.7 Å². The zero-order valence-electron chi connectivity index (χ0n) is 13.8. The number of benzene rings is 2. The Morgan fingerprint density at radius 3 is 2.12 bits per heavy atom. The number of halogens is 1. The van der Waals surface area contributed by atoms with Gasteiger partial charge in [-0.1, -0.05) is 37.1 Å². The fourth-order valence-electron chi connectivity index (χ4n) is 2.20. The summed E-state index contributed by atoms with van der Waals surface area (Å²) in [7, 11) is -7.23. The van der Waals surface area contributed by atoms with Crippen molar-refractivity contribution in [2.24, 2.45) is 0 Å². The van der Waals surface area contributed by atoms with Crippen molar-refractivity contribution in [1.82, 2.24) is 0 Å². The zero-order chi connectivity index (χ0) is 18.7. The standard InChI is InChI=1S/C16H19ClN2O4S2/c1-3-4-12-5-8-14(9-6-12)25(22,23)18-13-7-10-16(15(17)11-13)19-24(2,20)21/h5-11,18-19H,3-4H2,1-2H3. The van der Waals surface area contributed by atoms with Crippen LogP contribution in [0.25, 0.3) is 0 Å². The van der Waals surface area contributed by atoms with Crippen molar-refractivity contribution in [3.8, 4) is 0 Å². The van der Waals surface area contributed by atoms with E-state index in [1.165, 1.54) is 18.2 Å². The van der Waals surface area contributed by atoms with Gasteiger partial charge in [0.25, 0.3) is 10.0 Å². The van der Waals surface area contributed by atoms with Crippen LogP contribution in [0.3, 0.4) is 0 Å². The maximum absolute atomic E-state index is 12.4. The quantitative estimate of drug-likeness (QED) is 0.741.